The highest BCUT2D eigenvalue weighted by Gasteiger charge is 2.20. The molecule has 1 amide bonds. The Labute approximate surface area is 94.6 Å². The minimum absolute atomic E-state index is 0.00444. The Kier molecular flexibility index (Phi) is 5.21. The normalized spacial score (nSPS) is 18.2. The number of carbonyl (C=O) groups is 2. The zero-order valence-corrected chi connectivity index (χ0v) is 9.44. The number of nitrogens with zero attached hydrogens (tertiary/aromatic N) is 1. The molecule has 0 unspecified atom stereocenters. The van der Waals surface area contributed by atoms with Gasteiger partial charge in [0.25, 0.3) is 0 Å². The molecular weight excluding hydrogens is 212 g/mol. The predicted octanol–water partition coefficient (Wildman–Crippen LogP) is -0.702. The molecule has 92 valence electrons. The van der Waals surface area contributed by atoms with E-state index in [1.165, 1.54) is 0 Å². The van der Waals surface area contributed by atoms with Crippen molar-refractivity contribution in [2.45, 2.75) is 18.9 Å². The molecule has 1 heterocycles. The highest BCUT2D eigenvalue weighted by Crippen LogP contribution is 2.04. The van der Waals surface area contributed by atoms with E-state index < -0.39 is 12.0 Å². The molecule has 0 saturated carbocycles. The molecule has 0 spiro atoms. The van der Waals surface area contributed by atoms with Crippen LogP contribution in [0.1, 0.15) is 12.8 Å². The Morgan fingerprint density at radius 3 is 2.56 bits per heavy atom. The number of nitrogens with one attached hydrogen (secondary N) is 1. The summed E-state index contributed by atoms with van der Waals surface area (Å²) in [6, 6.07) is -0.648. The lowest BCUT2D eigenvalue weighted by Crippen LogP contribution is -2.42. The second kappa shape index (κ2) is 6.44. The number of aliphatic carboxylic acids is 1. The van der Waals surface area contributed by atoms with Crippen LogP contribution in [0.4, 0.5) is 0 Å². The Morgan fingerprint density at radius 2 is 2.06 bits per heavy atom. The van der Waals surface area contributed by atoms with Gasteiger partial charge in [-0.05, 0) is 13.5 Å². The fraction of sp³-hybridized carbons (Fsp3) is 0.800. The molecule has 0 bridgehead atoms. The number of likely N-dealkylation sites (N-methyl/N-ethyl adjacent to an activating group) is 1. The van der Waals surface area contributed by atoms with E-state index in [1.54, 1.807) is 11.9 Å². The minimum Gasteiger partial charge on any atom is -0.480 e. The van der Waals surface area contributed by atoms with Crippen LogP contribution < -0.4 is 5.32 Å². The largest absolute Gasteiger partial charge is 0.480 e. The van der Waals surface area contributed by atoms with E-state index in [4.69, 9.17) is 9.84 Å². The zero-order valence-electron chi connectivity index (χ0n) is 9.44. The van der Waals surface area contributed by atoms with Crippen LogP contribution in [0.3, 0.4) is 0 Å². The van der Waals surface area contributed by atoms with E-state index >= 15 is 0 Å². The van der Waals surface area contributed by atoms with Gasteiger partial charge in [0, 0.05) is 19.5 Å². The van der Waals surface area contributed by atoms with E-state index in [0.717, 1.165) is 0 Å². The van der Waals surface area contributed by atoms with Gasteiger partial charge in [0.15, 0.2) is 0 Å². The summed E-state index contributed by atoms with van der Waals surface area (Å²) in [6.45, 7) is 2.35. The molecule has 0 aliphatic carbocycles. The summed E-state index contributed by atoms with van der Waals surface area (Å²) in [5.41, 5.74) is 0. The first-order valence-corrected chi connectivity index (χ1v) is 5.40. The summed E-state index contributed by atoms with van der Waals surface area (Å²) in [5, 5.41) is 11.5. The van der Waals surface area contributed by atoms with Crippen molar-refractivity contribution in [1.29, 1.82) is 0 Å². The fourth-order valence-electron chi connectivity index (χ4n) is 1.63. The Balaban J connectivity index is 2.30. The first-order valence-electron chi connectivity index (χ1n) is 5.40. The Morgan fingerprint density at radius 1 is 1.44 bits per heavy atom. The second-order valence-corrected chi connectivity index (χ2v) is 3.71. The Hall–Kier alpha value is -1.14. The summed E-state index contributed by atoms with van der Waals surface area (Å²) in [4.78, 5) is 24.1. The van der Waals surface area contributed by atoms with Gasteiger partial charge < -0.3 is 20.1 Å². The predicted molar refractivity (Wildman–Crippen MR) is 57.1 cm³/mol. The van der Waals surface area contributed by atoms with Crippen LogP contribution in [0.2, 0.25) is 0 Å². The molecule has 6 nitrogen and oxygen atoms in total. The number of hydrogen-bond acceptors (Lipinski definition) is 4. The van der Waals surface area contributed by atoms with Gasteiger partial charge in [0.1, 0.15) is 6.04 Å². The van der Waals surface area contributed by atoms with E-state index in [9.17, 15) is 9.59 Å². The van der Waals surface area contributed by atoms with Gasteiger partial charge in [-0.1, -0.05) is 0 Å². The van der Waals surface area contributed by atoms with Crippen molar-refractivity contribution in [2.75, 3.05) is 33.4 Å². The highest BCUT2D eigenvalue weighted by atomic mass is 16.5. The molecule has 0 aromatic heterocycles. The van der Waals surface area contributed by atoms with Crippen LogP contribution in [-0.2, 0) is 14.3 Å². The first-order chi connectivity index (χ1) is 7.65. The maximum Gasteiger partial charge on any atom is 0.320 e. The van der Waals surface area contributed by atoms with E-state index in [-0.39, 0.29) is 12.3 Å². The quantitative estimate of drug-likeness (QED) is 0.653. The van der Waals surface area contributed by atoms with Crippen LogP contribution in [0.25, 0.3) is 0 Å². The lowest BCUT2D eigenvalue weighted by molar-refractivity contribution is -0.140. The van der Waals surface area contributed by atoms with Crippen LogP contribution in [-0.4, -0.2) is 61.3 Å². The maximum absolute atomic E-state index is 11.7. The van der Waals surface area contributed by atoms with Gasteiger partial charge in [0.05, 0.1) is 13.2 Å². The monoisotopic (exact) mass is 230 g/mol. The van der Waals surface area contributed by atoms with E-state index in [1.807, 2.05) is 0 Å². The molecule has 0 aromatic rings. The molecule has 0 aromatic carbocycles. The molecule has 16 heavy (non-hydrogen) atoms. The molecule has 1 saturated heterocycles. The number of carboxylic acids is 1. The second-order valence-electron chi connectivity index (χ2n) is 3.71. The molecule has 1 rings (SSSR count). The lowest BCUT2D eigenvalue weighted by atomic mass is 10.1. The summed E-state index contributed by atoms with van der Waals surface area (Å²) in [5.74, 6) is -0.915. The minimum atomic E-state index is -0.919. The van der Waals surface area contributed by atoms with Crippen molar-refractivity contribution in [3.8, 4) is 0 Å². The molecule has 6 heteroatoms. The van der Waals surface area contributed by atoms with Gasteiger partial charge >= 0.3 is 5.97 Å². The van der Waals surface area contributed by atoms with Crippen molar-refractivity contribution in [1.82, 2.24) is 10.2 Å². The molecule has 1 aliphatic heterocycles. The SMILES string of the molecule is CN[C@@H](CCC(=O)N1CCOCC1)C(=O)O. The van der Waals surface area contributed by atoms with Crippen LogP contribution in [0, 0.1) is 0 Å². The fourth-order valence-corrected chi connectivity index (χ4v) is 1.63. The lowest BCUT2D eigenvalue weighted by Gasteiger charge is -2.27. The van der Waals surface area contributed by atoms with Crippen molar-refractivity contribution >= 4 is 11.9 Å². The summed E-state index contributed by atoms with van der Waals surface area (Å²) in [7, 11) is 1.58. The number of hydrogen-bond donors (Lipinski definition) is 2. The van der Waals surface area contributed by atoms with Gasteiger partial charge in [-0.15, -0.1) is 0 Å². The smallest absolute Gasteiger partial charge is 0.320 e. The van der Waals surface area contributed by atoms with Crippen molar-refractivity contribution in [3.63, 3.8) is 0 Å². The maximum atomic E-state index is 11.7. The summed E-state index contributed by atoms with van der Waals surface area (Å²) >= 11 is 0. The van der Waals surface area contributed by atoms with Crippen molar-refractivity contribution in [3.05, 3.63) is 0 Å². The molecule has 1 fully saturated rings. The molecule has 1 atom stereocenters. The zero-order chi connectivity index (χ0) is 12.0. The topological polar surface area (TPSA) is 78.9 Å². The van der Waals surface area contributed by atoms with Crippen LogP contribution >= 0.6 is 0 Å². The summed E-state index contributed by atoms with van der Waals surface area (Å²) < 4.78 is 5.13. The molecule has 0 radical (unpaired) electrons. The van der Waals surface area contributed by atoms with Gasteiger partial charge in [-0.2, -0.15) is 0 Å². The number of rotatable bonds is 5. The van der Waals surface area contributed by atoms with E-state index in [0.29, 0.717) is 32.7 Å². The average molecular weight is 230 g/mol. The van der Waals surface area contributed by atoms with E-state index in [2.05, 4.69) is 5.32 Å². The third-order valence-corrected chi connectivity index (χ3v) is 2.66. The van der Waals surface area contributed by atoms with Crippen molar-refractivity contribution in [2.24, 2.45) is 0 Å². The number of morpholine rings is 1. The number of ether oxygens (including phenoxy) is 1. The first kappa shape index (κ1) is 12.9. The molecule has 1 aliphatic rings. The Bertz CT molecular complexity index is 251. The third kappa shape index (κ3) is 3.79. The van der Waals surface area contributed by atoms with Gasteiger partial charge in [-0.25, -0.2) is 0 Å². The van der Waals surface area contributed by atoms with Crippen molar-refractivity contribution < 1.29 is 19.4 Å². The van der Waals surface area contributed by atoms with Gasteiger partial charge in [-0.3, -0.25) is 9.59 Å². The molecule has 2 N–H and O–H groups in total. The highest BCUT2D eigenvalue weighted by molar-refractivity contribution is 5.78. The third-order valence-electron chi connectivity index (χ3n) is 2.66. The number of carboxylic acid groups (broad SMARTS) is 1. The average Bonchev–Trinajstić information content (AvgIpc) is 2.30. The molecular formula is C10H18N2O4. The number of amides is 1. The van der Waals surface area contributed by atoms with Gasteiger partial charge in [0.2, 0.25) is 5.91 Å². The van der Waals surface area contributed by atoms with Crippen LogP contribution in [0.5, 0.6) is 0 Å². The number of carbonyl (C=O) groups excluding carboxylic acids is 1. The van der Waals surface area contributed by atoms with Crippen LogP contribution in [0.15, 0.2) is 0 Å². The standard InChI is InChI=1S/C10H18N2O4/c1-11-8(10(14)15)2-3-9(13)12-4-6-16-7-5-12/h8,11H,2-7H2,1H3,(H,14,15)/t8-/m0/s1. The summed E-state index contributed by atoms with van der Waals surface area (Å²) in [6.07, 6.45) is 0.583.